The molecule has 220 valence electrons. The molecule has 0 bridgehead atoms. The Morgan fingerprint density at radius 2 is 1.74 bits per heavy atom. The summed E-state index contributed by atoms with van der Waals surface area (Å²) in [6.07, 6.45) is -0.180. The van der Waals surface area contributed by atoms with Crippen LogP contribution in [0.5, 0.6) is 5.88 Å². The van der Waals surface area contributed by atoms with E-state index in [-0.39, 0.29) is 23.3 Å². The number of hydrogen-bond donors (Lipinski definition) is 1. The lowest BCUT2D eigenvalue weighted by atomic mass is 9.88. The molecule has 2 saturated heterocycles. The summed E-state index contributed by atoms with van der Waals surface area (Å²) >= 11 is 0. The normalized spacial score (nSPS) is 19.1. The van der Waals surface area contributed by atoms with Gasteiger partial charge in [-0.1, -0.05) is 36.4 Å². The van der Waals surface area contributed by atoms with Crippen molar-refractivity contribution in [2.24, 2.45) is 0 Å². The molecule has 0 aliphatic carbocycles. The van der Waals surface area contributed by atoms with Crippen LogP contribution < -0.4 is 10.1 Å². The molecule has 4 heterocycles. The first-order valence-corrected chi connectivity index (χ1v) is 14.3. The number of halogens is 4. The van der Waals surface area contributed by atoms with Gasteiger partial charge in [0.25, 0.3) is 0 Å². The second-order valence-electron chi connectivity index (χ2n) is 10.8. The number of nitrogens with zero attached hydrogens (tertiary/aromatic N) is 3. The van der Waals surface area contributed by atoms with Crippen molar-refractivity contribution >= 4 is 22.0 Å². The minimum atomic E-state index is -4.49. The molecule has 6 rings (SSSR count). The number of fused-ring (bicyclic) bond motifs is 1. The summed E-state index contributed by atoms with van der Waals surface area (Å²) in [6.45, 7) is 2.28. The van der Waals surface area contributed by atoms with Gasteiger partial charge in [0.05, 0.1) is 17.3 Å². The van der Waals surface area contributed by atoms with E-state index in [1.165, 1.54) is 6.20 Å². The summed E-state index contributed by atoms with van der Waals surface area (Å²) in [4.78, 5) is 4.47. The Bertz CT molecular complexity index is 1540. The van der Waals surface area contributed by atoms with Crippen molar-refractivity contribution in [1.29, 1.82) is 0 Å². The van der Waals surface area contributed by atoms with Gasteiger partial charge in [-0.05, 0) is 85.7 Å². The fourth-order valence-corrected chi connectivity index (χ4v) is 5.77. The standard InChI is InChI=1S/C32H32F4N4O2/c33-31-25-18-22(9-11-27(25)40(39-31)29-8-4-5-17-41-29)30(26(19-32(34,35)36)21-6-2-1-3-7-21)23-10-12-28(38-20-23)42-24-13-15-37-16-14-24/h1-3,6-7,9-12,18,20,24,29,37H,4-5,8,13-17,19H2. The molecule has 1 N–H and O–H groups in total. The highest BCUT2D eigenvalue weighted by atomic mass is 19.4. The van der Waals surface area contributed by atoms with Gasteiger partial charge in [0.15, 0.2) is 6.23 Å². The lowest BCUT2D eigenvalue weighted by Gasteiger charge is -2.24. The van der Waals surface area contributed by atoms with Crippen LogP contribution in [0, 0.1) is 5.95 Å². The highest BCUT2D eigenvalue weighted by Crippen LogP contribution is 2.40. The third-order valence-electron chi connectivity index (χ3n) is 7.78. The first-order chi connectivity index (χ1) is 20.4. The van der Waals surface area contributed by atoms with E-state index < -0.39 is 18.5 Å². The number of rotatable bonds is 7. The van der Waals surface area contributed by atoms with E-state index in [1.54, 1.807) is 65.3 Å². The number of ether oxygens (including phenoxy) is 2. The quantitative estimate of drug-likeness (QED) is 0.184. The molecule has 2 aliphatic heterocycles. The van der Waals surface area contributed by atoms with E-state index in [1.807, 2.05) is 0 Å². The Balaban J connectivity index is 1.47. The minimum Gasteiger partial charge on any atom is -0.474 e. The second-order valence-corrected chi connectivity index (χ2v) is 10.8. The molecule has 2 aromatic carbocycles. The summed E-state index contributed by atoms with van der Waals surface area (Å²) < 4.78 is 70.9. The third-order valence-corrected chi connectivity index (χ3v) is 7.78. The number of aromatic nitrogens is 3. The van der Waals surface area contributed by atoms with Gasteiger partial charge in [-0.15, -0.1) is 5.10 Å². The number of piperidine rings is 1. The van der Waals surface area contributed by atoms with Crippen LogP contribution in [0.2, 0.25) is 0 Å². The van der Waals surface area contributed by atoms with Crippen molar-refractivity contribution in [3.63, 3.8) is 0 Å². The Morgan fingerprint density at radius 3 is 2.43 bits per heavy atom. The van der Waals surface area contributed by atoms with Gasteiger partial charge in [-0.3, -0.25) is 0 Å². The number of alkyl halides is 3. The summed E-state index contributed by atoms with van der Waals surface area (Å²) in [6, 6.07) is 16.9. The Morgan fingerprint density at radius 1 is 0.952 bits per heavy atom. The van der Waals surface area contributed by atoms with E-state index in [0.29, 0.717) is 46.7 Å². The largest absolute Gasteiger partial charge is 0.474 e. The lowest BCUT2D eigenvalue weighted by Crippen LogP contribution is -2.34. The molecule has 0 spiro atoms. The molecule has 6 nitrogen and oxygen atoms in total. The molecule has 2 aromatic heterocycles. The van der Waals surface area contributed by atoms with Crippen LogP contribution in [-0.4, -0.2) is 46.7 Å². The number of hydrogen-bond acceptors (Lipinski definition) is 5. The van der Waals surface area contributed by atoms with Crippen molar-refractivity contribution in [2.75, 3.05) is 19.7 Å². The fourth-order valence-electron chi connectivity index (χ4n) is 5.77. The molecule has 0 saturated carbocycles. The van der Waals surface area contributed by atoms with Crippen LogP contribution in [0.1, 0.15) is 61.4 Å². The molecule has 10 heteroatoms. The van der Waals surface area contributed by atoms with Gasteiger partial charge >= 0.3 is 6.18 Å². The van der Waals surface area contributed by atoms with Crippen molar-refractivity contribution in [3.8, 4) is 5.88 Å². The molecule has 1 atom stereocenters. The molecule has 42 heavy (non-hydrogen) atoms. The molecule has 0 amide bonds. The maximum absolute atomic E-state index is 15.3. The Labute approximate surface area is 241 Å². The summed E-state index contributed by atoms with van der Waals surface area (Å²) in [5, 5.41) is 7.62. The smallest absolute Gasteiger partial charge is 0.393 e. The zero-order chi connectivity index (χ0) is 29.1. The summed E-state index contributed by atoms with van der Waals surface area (Å²) in [7, 11) is 0. The van der Waals surface area contributed by atoms with Crippen LogP contribution in [0.4, 0.5) is 17.6 Å². The molecular formula is C32H32F4N4O2. The first-order valence-electron chi connectivity index (χ1n) is 14.3. The highest BCUT2D eigenvalue weighted by molar-refractivity contribution is 6.00. The number of nitrogens with one attached hydrogen (secondary N) is 1. The molecular weight excluding hydrogens is 548 g/mol. The molecule has 1 unspecified atom stereocenters. The van der Waals surface area contributed by atoms with E-state index in [0.717, 1.165) is 38.8 Å². The molecule has 0 radical (unpaired) electrons. The summed E-state index contributed by atoms with van der Waals surface area (Å²) in [5.74, 6) is -0.279. The van der Waals surface area contributed by atoms with E-state index in [2.05, 4.69) is 15.4 Å². The molecule has 2 fully saturated rings. The van der Waals surface area contributed by atoms with Crippen LogP contribution in [0.15, 0.2) is 66.9 Å². The lowest BCUT2D eigenvalue weighted by molar-refractivity contribution is -0.122. The first kappa shape index (κ1) is 28.4. The third kappa shape index (κ3) is 6.34. The number of allylic oxidation sites excluding steroid dienone is 1. The van der Waals surface area contributed by atoms with Gasteiger partial charge in [-0.25, -0.2) is 9.67 Å². The zero-order valence-electron chi connectivity index (χ0n) is 23.0. The van der Waals surface area contributed by atoms with Crippen molar-refractivity contribution < 1.29 is 27.0 Å². The average molecular weight is 581 g/mol. The number of pyridine rings is 1. The van der Waals surface area contributed by atoms with Gasteiger partial charge in [0.1, 0.15) is 6.10 Å². The van der Waals surface area contributed by atoms with Gasteiger partial charge < -0.3 is 14.8 Å². The molecule has 4 aromatic rings. The minimum absolute atomic E-state index is 0.0276. The predicted molar refractivity (Wildman–Crippen MR) is 152 cm³/mol. The van der Waals surface area contributed by atoms with Crippen LogP contribution in [-0.2, 0) is 4.74 Å². The van der Waals surface area contributed by atoms with Crippen molar-refractivity contribution in [1.82, 2.24) is 20.1 Å². The predicted octanol–water partition coefficient (Wildman–Crippen LogP) is 7.31. The van der Waals surface area contributed by atoms with E-state index >= 15 is 4.39 Å². The van der Waals surface area contributed by atoms with Crippen molar-refractivity contribution in [3.05, 3.63) is 89.5 Å². The second kappa shape index (κ2) is 12.2. The van der Waals surface area contributed by atoms with Gasteiger partial charge in [-0.2, -0.15) is 17.6 Å². The Hall–Kier alpha value is -3.76. The topological polar surface area (TPSA) is 61.2 Å². The Kier molecular flexibility index (Phi) is 8.26. The van der Waals surface area contributed by atoms with E-state index in [9.17, 15) is 13.2 Å². The maximum Gasteiger partial charge on any atom is 0.393 e. The number of benzene rings is 2. The zero-order valence-corrected chi connectivity index (χ0v) is 23.0. The highest BCUT2D eigenvalue weighted by Gasteiger charge is 2.32. The summed E-state index contributed by atoms with van der Waals surface area (Å²) in [5.41, 5.74) is 2.25. The monoisotopic (exact) mass is 580 g/mol. The SMILES string of the molecule is Fc1nn(C2CCCCO2)c2ccc(C(=C(CC(F)(F)F)c3ccccc3)c3ccc(OC4CCNCC4)nc3)cc12. The average Bonchev–Trinajstić information content (AvgIpc) is 3.34. The van der Waals surface area contributed by atoms with Gasteiger partial charge in [0, 0.05) is 24.4 Å². The van der Waals surface area contributed by atoms with Crippen molar-refractivity contribution in [2.45, 2.75) is 57.0 Å². The molecule has 2 aliphatic rings. The van der Waals surface area contributed by atoms with Crippen LogP contribution in [0.3, 0.4) is 0 Å². The van der Waals surface area contributed by atoms with Gasteiger partial charge in [0.2, 0.25) is 11.8 Å². The van der Waals surface area contributed by atoms with Crippen LogP contribution >= 0.6 is 0 Å². The van der Waals surface area contributed by atoms with E-state index in [4.69, 9.17) is 9.47 Å². The fraction of sp³-hybridized carbons (Fsp3) is 0.375. The van der Waals surface area contributed by atoms with Crippen LogP contribution in [0.25, 0.3) is 22.0 Å². The maximum atomic E-state index is 15.3.